The Hall–Kier alpha value is -3.20. The number of likely N-dealkylation sites (N-methyl/N-ethyl adjacent to an activating group) is 1. The van der Waals surface area contributed by atoms with Crippen LogP contribution in [0.25, 0.3) is 11.6 Å². The van der Waals surface area contributed by atoms with E-state index in [0.29, 0.717) is 10.7 Å². The highest BCUT2D eigenvalue weighted by atomic mass is 35.5. The number of imidazole rings is 1. The molecule has 1 aliphatic rings. The molecule has 1 amide bonds. The summed E-state index contributed by atoms with van der Waals surface area (Å²) in [6.45, 7) is 10.9. The molecule has 0 bridgehead atoms. The van der Waals surface area contributed by atoms with E-state index in [1.165, 1.54) is 0 Å². The van der Waals surface area contributed by atoms with Crippen LogP contribution in [0.15, 0.2) is 55.2 Å². The van der Waals surface area contributed by atoms with Crippen molar-refractivity contribution in [3.05, 3.63) is 82.7 Å². The average Bonchev–Trinajstić information content (AvgIpc) is 3.32. The van der Waals surface area contributed by atoms with Gasteiger partial charge in [0.1, 0.15) is 5.60 Å². The fourth-order valence-electron chi connectivity index (χ4n) is 4.22. The SMILES string of the molecule is CC(C)OC(=O)N1CCN(C)CC1.Cc1ccc(Cl)cc1/C(=C\c1cccnc1)C(C)(O)c1cncn1C. The van der Waals surface area contributed by atoms with E-state index in [1.54, 1.807) is 36.7 Å². The first-order chi connectivity index (χ1) is 18.0. The Labute approximate surface area is 230 Å². The number of aromatic nitrogens is 3. The number of benzene rings is 1. The third-order valence-corrected chi connectivity index (χ3v) is 6.66. The van der Waals surface area contributed by atoms with Crippen molar-refractivity contribution in [1.82, 2.24) is 24.3 Å². The van der Waals surface area contributed by atoms with Crippen molar-refractivity contribution in [1.29, 1.82) is 0 Å². The Balaban J connectivity index is 0.000000260. The maximum atomic E-state index is 11.5. The summed E-state index contributed by atoms with van der Waals surface area (Å²) in [7, 11) is 3.93. The van der Waals surface area contributed by atoms with Gasteiger partial charge in [-0.25, -0.2) is 9.78 Å². The molecule has 9 heteroatoms. The Morgan fingerprint density at radius 2 is 1.84 bits per heavy atom. The zero-order valence-corrected chi connectivity index (χ0v) is 23.8. The van der Waals surface area contributed by atoms with Gasteiger partial charge < -0.3 is 24.2 Å². The summed E-state index contributed by atoms with van der Waals surface area (Å²) in [4.78, 5) is 23.7. The van der Waals surface area contributed by atoms with Crippen molar-refractivity contribution in [2.75, 3.05) is 33.2 Å². The van der Waals surface area contributed by atoms with Gasteiger partial charge in [0.25, 0.3) is 0 Å². The summed E-state index contributed by atoms with van der Waals surface area (Å²) < 4.78 is 6.91. The van der Waals surface area contributed by atoms with E-state index in [1.807, 2.05) is 68.8 Å². The molecule has 3 aromatic rings. The van der Waals surface area contributed by atoms with E-state index in [2.05, 4.69) is 21.9 Å². The van der Waals surface area contributed by atoms with E-state index in [4.69, 9.17) is 16.3 Å². The van der Waals surface area contributed by atoms with Crippen LogP contribution in [0, 0.1) is 6.92 Å². The average molecular weight is 540 g/mol. The molecule has 1 atom stereocenters. The molecule has 1 saturated heterocycles. The highest BCUT2D eigenvalue weighted by Crippen LogP contribution is 2.39. The maximum Gasteiger partial charge on any atom is 0.410 e. The number of ether oxygens (including phenoxy) is 1. The predicted octanol–water partition coefficient (Wildman–Crippen LogP) is 5.00. The first-order valence-electron chi connectivity index (χ1n) is 12.7. The van der Waals surface area contributed by atoms with Gasteiger partial charge >= 0.3 is 6.09 Å². The molecule has 0 radical (unpaired) electrons. The lowest BCUT2D eigenvalue weighted by atomic mass is 9.84. The van der Waals surface area contributed by atoms with E-state index in [-0.39, 0.29) is 12.2 Å². The van der Waals surface area contributed by atoms with Crippen LogP contribution >= 0.6 is 11.6 Å². The highest BCUT2D eigenvalue weighted by molar-refractivity contribution is 6.30. The second-order valence-electron chi connectivity index (χ2n) is 9.99. The Bertz CT molecular complexity index is 1230. The first kappa shape index (κ1) is 29.4. The number of piperazine rings is 1. The molecule has 38 heavy (non-hydrogen) atoms. The van der Waals surface area contributed by atoms with Gasteiger partial charge in [0.05, 0.1) is 24.3 Å². The number of aryl methyl sites for hydroxylation is 2. The molecule has 2 aromatic heterocycles. The minimum atomic E-state index is -1.25. The van der Waals surface area contributed by atoms with Crippen molar-refractivity contribution in [3.8, 4) is 0 Å². The van der Waals surface area contributed by atoms with Crippen molar-refractivity contribution in [2.24, 2.45) is 7.05 Å². The summed E-state index contributed by atoms with van der Waals surface area (Å²) in [5.74, 6) is 0. The molecule has 204 valence electrons. The minimum Gasteiger partial charge on any atom is -0.447 e. The van der Waals surface area contributed by atoms with Gasteiger partial charge in [-0.15, -0.1) is 0 Å². The molecular weight excluding hydrogens is 502 g/mol. The summed E-state index contributed by atoms with van der Waals surface area (Å²) in [5.41, 5.74) is 3.01. The summed E-state index contributed by atoms with van der Waals surface area (Å²) >= 11 is 6.23. The lowest BCUT2D eigenvalue weighted by Crippen LogP contribution is -2.47. The minimum absolute atomic E-state index is 0.0212. The normalized spacial score (nSPS) is 16.0. The molecular formula is C29H38ClN5O3. The third-order valence-electron chi connectivity index (χ3n) is 6.42. The Morgan fingerprint density at radius 1 is 1.13 bits per heavy atom. The third kappa shape index (κ3) is 7.66. The summed E-state index contributed by atoms with van der Waals surface area (Å²) in [6, 6.07) is 9.50. The fraction of sp³-hybridized carbons (Fsp3) is 0.414. The number of rotatable bonds is 5. The standard InChI is InChI=1S/C20H20ClN3O.C9H18N2O2/c1-14-6-7-16(21)10-17(14)18(9-15-5-4-8-22-11-15)20(2,25)19-12-23-13-24(19)3;1-8(2)13-9(12)11-6-4-10(3)5-7-11/h4-13,25H,1-3H3;8H,4-7H2,1-3H3/b18-9+;. The molecule has 1 unspecified atom stereocenters. The van der Waals surface area contributed by atoms with Crippen molar-refractivity contribution in [2.45, 2.75) is 39.4 Å². The number of hydrogen-bond acceptors (Lipinski definition) is 6. The van der Waals surface area contributed by atoms with Crippen molar-refractivity contribution >= 4 is 29.3 Å². The second kappa shape index (κ2) is 13.0. The van der Waals surface area contributed by atoms with Gasteiger partial charge in [-0.2, -0.15) is 0 Å². The lowest BCUT2D eigenvalue weighted by Gasteiger charge is -2.32. The number of carbonyl (C=O) groups excluding carboxylic acids is 1. The summed E-state index contributed by atoms with van der Waals surface area (Å²) in [6.07, 6.45) is 8.58. The van der Waals surface area contributed by atoms with Crippen LogP contribution in [-0.4, -0.2) is 74.9 Å². The molecule has 8 nitrogen and oxygen atoms in total. The van der Waals surface area contributed by atoms with Crippen LogP contribution in [0.3, 0.4) is 0 Å². The van der Waals surface area contributed by atoms with Crippen LogP contribution in [0.5, 0.6) is 0 Å². The molecule has 1 aliphatic heterocycles. The predicted molar refractivity (Wildman–Crippen MR) is 152 cm³/mol. The van der Waals surface area contributed by atoms with Gasteiger partial charge in [-0.3, -0.25) is 4.98 Å². The molecule has 1 aromatic carbocycles. The molecule has 4 rings (SSSR count). The van der Waals surface area contributed by atoms with Crippen LogP contribution in [0.2, 0.25) is 5.02 Å². The van der Waals surface area contributed by atoms with Gasteiger partial charge in [0, 0.05) is 50.6 Å². The maximum absolute atomic E-state index is 11.5. The lowest BCUT2D eigenvalue weighted by molar-refractivity contribution is 0.0612. The van der Waals surface area contributed by atoms with Crippen molar-refractivity contribution < 1.29 is 14.6 Å². The zero-order chi connectivity index (χ0) is 27.9. The molecule has 0 saturated carbocycles. The van der Waals surface area contributed by atoms with E-state index >= 15 is 0 Å². The van der Waals surface area contributed by atoms with Gasteiger partial charge in [-0.05, 0) is 81.3 Å². The number of pyridine rings is 1. The number of aliphatic hydroxyl groups is 1. The van der Waals surface area contributed by atoms with Crippen molar-refractivity contribution in [3.63, 3.8) is 0 Å². The molecule has 1 fully saturated rings. The number of halogens is 1. The summed E-state index contributed by atoms with van der Waals surface area (Å²) in [5, 5.41) is 12.1. The molecule has 0 spiro atoms. The van der Waals surface area contributed by atoms with Crippen LogP contribution in [-0.2, 0) is 17.4 Å². The number of carbonyl (C=O) groups is 1. The van der Waals surface area contributed by atoms with Gasteiger partial charge in [-0.1, -0.05) is 23.7 Å². The van der Waals surface area contributed by atoms with E-state index in [0.717, 1.165) is 48.4 Å². The molecule has 1 N–H and O–H groups in total. The largest absolute Gasteiger partial charge is 0.447 e. The monoisotopic (exact) mass is 539 g/mol. The quantitative estimate of drug-likeness (QED) is 0.491. The number of nitrogens with zero attached hydrogens (tertiary/aromatic N) is 5. The Kier molecular flexibility index (Phi) is 10.1. The molecule has 0 aliphatic carbocycles. The van der Waals surface area contributed by atoms with Crippen LogP contribution in [0.4, 0.5) is 4.79 Å². The van der Waals surface area contributed by atoms with E-state index in [9.17, 15) is 9.90 Å². The first-order valence-corrected chi connectivity index (χ1v) is 13.1. The van der Waals surface area contributed by atoms with E-state index < -0.39 is 5.60 Å². The number of amides is 1. The Morgan fingerprint density at radius 3 is 2.42 bits per heavy atom. The van der Waals surface area contributed by atoms with Crippen LogP contribution in [0.1, 0.15) is 43.2 Å². The highest BCUT2D eigenvalue weighted by Gasteiger charge is 2.33. The van der Waals surface area contributed by atoms with Crippen LogP contribution < -0.4 is 0 Å². The van der Waals surface area contributed by atoms with Gasteiger partial charge in [0.15, 0.2) is 0 Å². The number of hydrogen-bond donors (Lipinski definition) is 1. The second-order valence-corrected chi connectivity index (χ2v) is 10.4. The smallest absolute Gasteiger partial charge is 0.410 e. The van der Waals surface area contributed by atoms with Gasteiger partial charge in [0.2, 0.25) is 0 Å². The molecule has 3 heterocycles. The zero-order valence-electron chi connectivity index (χ0n) is 23.1. The fourth-order valence-corrected chi connectivity index (χ4v) is 4.39. The topological polar surface area (TPSA) is 83.7 Å².